The van der Waals surface area contributed by atoms with E-state index in [1.807, 2.05) is 0 Å². The molecule has 3 aliphatic rings. The van der Waals surface area contributed by atoms with Crippen molar-refractivity contribution in [2.24, 2.45) is 0 Å². The third-order valence-electron chi connectivity index (χ3n) is 24.1. The summed E-state index contributed by atoms with van der Waals surface area (Å²) in [5.74, 6) is -2.94. The average molecular weight is 1720 g/mol. The molecule has 702 valence electrons. The predicted octanol–water partition coefficient (Wildman–Crippen LogP) is 18.6. The van der Waals surface area contributed by atoms with Crippen molar-refractivity contribution in [3.8, 4) is 0 Å². The van der Waals surface area contributed by atoms with Gasteiger partial charge in [0.15, 0.2) is 24.8 Å². The van der Waals surface area contributed by atoms with Crippen LogP contribution in [0.25, 0.3) is 0 Å². The number of hydrogen-bond donors (Lipinski definition) is 10. The number of carbonyl (C=O) groups is 4. The smallest absolute Gasteiger partial charge is 0.463 e. The summed E-state index contributed by atoms with van der Waals surface area (Å²) in [5, 5.41) is 102. The van der Waals surface area contributed by atoms with Gasteiger partial charge in [0.2, 0.25) is 0 Å². The maximum Gasteiger partial charge on any atom is 0.472 e. The molecule has 18 unspecified atom stereocenters. The zero-order chi connectivity index (χ0) is 86.8. The van der Waals surface area contributed by atoms with Gasteiger partial charge in [0, 0.05) is 25.7 Å². The summed E-state index contributed by atoms with van der Waals surface area (Å²) in [6.07, 6.45) is 30.8. The van der Waals surface area contributed by atoms with Crippen molar-refractivity contribution in [1.82, 2.24) is 0 Å². The summed E-state index contributed by atoms with van der Waals surface area (Å²) in [6, 6.07) is 0. The van der Waals surface area contributed by atoms with Crippen molar-refractivity contribution in [3.63, 3.8) is 0 Å². The van der Waals surface area contributed by atoms with Gasteiger partial charge in [0.25, 0.3) is 0 Å². The van der Waals surface area contributed by atoms with E-state index in [1.54, 1.807) is 0 Å². The highest BCUT2D eigenvalue weighted by Crippen LogP contribution is 2.49. The van der Waals surface area contributed by atoms with E-state index in [4.69, 9.17) is 46.9 Å². The summed E-state index contributed by atoms with van der Waals surface area (Å²) < 4.78 is 73.5. The number of ether oxygens (including phenoxy) is 8. The van der Waals surface area contributed by atoms with Gasteiger partial charge >= 0.3 is 31.7 Å². The van der Waals surface area contributed by atoms with Gasteiger partial charge in [0.05, 0.1) is 13.2 Å². The third kappa shape index (κ3) is 52.4. The van der Waals surface area contributed by atoms with Crippen molar-refractivity contribution >= 4 is 31.7 Å². The topological polar surface area (TPSA) is 380 Å². The number of aliphatic hydroxyl groups excluding tert-OH is 9. The lowest BCUT2D eigenvalue weighted by atomic mass is 9.84. The lowest BCUT2D eigenvalue weighted by Gasteiger charge is -2.50. The Bertz CT molecular complexity index is 2470. The lowest BCUT2D eigenvalue weighted by Crippen LogP contribution is -2.70. The lowest BCUT2D eigenvalue weighted by molar-refractivity contribution is -0.360. The fraction of sp³-hybridized carbons (Fsp3) is 0.957. The Balaban J connectivity index is 1.89. The minimum absolute atomic E-state index is 0.0205. The molecule has 25 nitrogen and oxygen atoms in total. The standard InChI is InChI=1S/C93H175O25P/c1-5-9-13-17-21-25-29-33-36-39-42-45-49-53-57-61-65-76(95)109-70-73(112-78(97)67-63-59-55-51-48-44-38-35-31-27-23-19-15-11-7-3)71-111-119(107,108)118-91-89(116-92-86(105)82(101)80(99)74(69-94)113-92)85(104)84(103)88(115-79(98)68-64-60-56-52-47-41-32-28-24-20-16-12-8-4)90(91)117-93-87(106)83(102)81(100)75(114-93)72-110-77(96)66-62-58-54-50-46-43-40-37-34-30-26-22-18-14-10-6-2/h73-75,80-94,99-106H,5-72H2,1-4H3,(H,107,108). The number of esters is 4. The molecule has 18 atom stereocenters. The van der Waals surface area contributed by atoms with Crippen LogP contribution in [-0.4, -0.2) is 205 Å². The number of phosphoric acid groups is 1. The SMILES string of the molecule is CCCCCCCCCCCCCCCCCCC(=O)OCC(COP(=O)(O)OC1C(OC2OC(CO)C(O)C(O)C2O)C(O)C(O)C(OC(=O)CCCCCCCCCCCCCCC)C1OC1OC(COC(=O)CCCCCCCCCCCCCCCCCC)C(O)C(O)C1O)OC(=O)CCCCCCCCCCCCCCCCC. The minimum atomic E-state index is -5.80. The molecule has 10 N–H and O–H groups in total. The van der Waals surface area contributed by atoms with Gasteiger partial charge < -0.3 is 88.7 Å². The van der Waals surface area contributed by atoms with Crippen LogP contribution in [-0.2, 0) is 70.7 Å². The number of rotatable bonds is 80. The molecule has 0 aromatic carbocycles. The van der Waals surface area contributed by atoms with Crippen LogP contribution >= 0.6 is 7.82 Å². The second kappa shape index (κ2) is 72.5. The first-order valence-corrected chi connectivity index (χ1v) is 50.3. The molecule has 26 heteroatoms. The summed E-state index contributed by atoms with van der Waals surface area (Å²) >= 11 is 0. The molecule has 1 aliphatic carbocycles. The Morgan fingerprint density at radius 1 is 0.303 bits per heavy atom. The van der Waals surface area contributed by atoms with Crippen LogP contribution in [0.2, 0.25) is 0 Å². The zero-order valence-electron chi connectivity index (χ0n) is 74.9. The first kappa shape index (κ1) is 111. The monoisotopic (exact) mass is 1720 g/mol. The van der Waals surface area contributed by atoms with Crippen molar-refractivity contribution in [2.45, 2.75) is 543 Å². The first-order chi connectivity index (χ1) is 57.7. The molecule has 3 rings (SSSR count). The van der Waals surface area contributed by atoms with E-state index in [0.717, 1.165) is 128 Å². The van der Waals surface area contributed by atoms with E-state index in [2.05, 4.69) is 27.7 Å². The number of unbranched alkanes of at least 4 members (excludes halogenated alkanes) is 56. The molecular formula is C93H175O25P. The summed E-state index contributed by atoms with van der Waals surface area (Å²) in [4.78, 5) is 66.5. The maximum atomic E-state index is 14.9. The second-order valence-corrected chi connectivity index (χ2v) is 36.4. The average Bonchev–Trinajstić information content (AvgIpc) is 0.756. The van der Waals surface area contributed by atoms with E-state index in [9.17, 15) is 74.6 Å². The quantitative estimate of drug-likeness (QED) is 0.0117. The predicted molar refractivity (Wildman–Crippen MR) is 463 cm³/mol. The minimum Gasteiger partial charge on any atom is -0.463 e. The molecule has 1 saturated carbocycles. The van der Waals surface area contributed by atoms with Crippen LogP contribution in [0.1, 0.15) is 439 Å². The highest BCUT2D eigenvalue weighted by atomic mass is 31.2. The van der Waals surface area contributed by atoms with E-state index >= 15 is 0 Å². The molecule has 0 amide bonds. The Kier molecular flexibility index (Phi) is 67.4. The summed E-state index contributed by atoms with van der Waals surface area (Å²) in [7, 11) is -5.80. The first-order valence-electron chi connectivity index (χ1n) is 48.8. The van der Waals surface area contributed by atoms with Gasteiger partial charge in [0.1, 0.15) is 92.6 Å². The molecule has 2 saturated heterocycles. The molecule has 0 spiro atoms. The molecule has 2 aliphatic heterocycles. The van der Waals surface area contributed by atoms with Gasteiger partial charge in [-0.15, -0.1) is 0 Å². The van der Waals surface area contributed by atoms with Crippen LogP contribution in [0.15, 0.2) is 0 Å². The molecule has 0 aromatic heterocycles. The molecule has 3 fully saturated rings. The van der Waals surface area contributed by atoms with E-state index in [0.29, 0.717) is 32.1 Å². The van der Waals surface area contributed by atoms with Crippen LogP contribution in [0.5, 0.6) is 0 Å². The highest BCUT2D eigenvalue weighted by Gasteiger charge is 2.60. The Labute approximate surface area is 719 Å². The van der Waals surface area contributed by atoms with Gasteiger partial charge in [-0.05, 0) is 25.7 Å². The molecule has 0 aromatic rings. The number of aliphatic hydroxyl groups is 9. The van der Waals surface area contributed by atoms with Crippen molar-refractivity contribution in [2.75, 3.05) is 26.4 Å². The van der Waals surface area contributed by atoms with E-state index < -0.39 is 162 Å². The summed E-state index contributed by atoms with van der Waals surface area (Å²) in [6.45, 7) is 5.65. The van der Waals surface area contributed by atoms with Crippen LogP contribution < -0.4 is 0 Å². The van der Waals surface area contributed by atoms with E-state index in [1.165, 1.54) is 225 Å². The largest absolute Gasteiger partial charge is 0.472 e. The fourth-order valence-corrected chi connectivity index (χ4v) is 17.3. The Hall–Kier alpha value is -2.53. The van der Waals surface area contributed by atoms with Gasteiger partial charge in [-0.2, -0.15) is 0 Å². The van der Waals surface area contributed by atoms with E-state index in [-0.39, 0.29) is 25.7 Å². The van der Waals surface area contributed by atoms with Crippen molar-refractivity contribution < 1.29 is 122 Å². The van der Waals surface area contributed by atoms with Gasteiger partial charge in [-0.25, -0.2) is 4.57 Å². The Morgan fingerprint density at radius 3 is 0.916 bits per heavy atom. The van der Waals surface area contributed by atoms with Crippen LogP contribution in [0, 0.1) is 0 Å². The third-order valence-corrected chi connectivity index (χ3v) is 25.1. The molecule has 0 bridgehead atoms. The van der Waals surface area contributed by atoms with Crippen molar-refractivity contribution in [1.29, 1.82) is 0 Å². The van der Waals surface area contributed by atoms with Gasteiger partial charge in [-0.3, -0.25) is 28.2 Å². The van der Waals surface area contributed by atoms with Crippen LogP contribution in [0.3, 0.4) is 0 Å². The Morgan fingerprint density at radius 2 is 0.580 bits per heavy atom. The zero-order valence-corrected chi connectivity index (χ0v) is 75.8. The molecule has 119 heavy (non-hydrogen) atoms. The van der Waals surface area contributed by atoms with Crippen LogP contribution in [0.4, 0.5) is 0 Å². The second-order valence-electron chi connectivity index (χ2n) is 35.0. The normalized spacial score (nSPS) is 24.8. The molecule has 0 radical (unpaired) electrons. The number of phosphoric ester groups is 1. The molecule has 2 heterocycles. The number of hydrogen-bond acceptors (Lipinski definition) is 24. The highest BCUT2D eigenvalue weighted by molar-refractivity contribution is 7.47. The number of carbonyl (C=O) groups excluding carboxylic acids is 4. The summed E-state index contributed by atoms with van der Waals surface area (Å²) in [5.41, 5.74) is 0. The maximum absolute atomic E-state index is 14.9. The van der Waals surface area contributed by atoms with Crippen molar-refractivity contribution in [3.05, 3.63) is 0 Å². The fourth-order valence-electron chi connectivity index (χ4n) is 16.4. The van der Waals surface area contributed by atoms with Gasteiger partial charge in [-0.1, -0.05) is 387 Å². The molecular weight excluding hydrogens is 1550 g/mol.